The second-order valence-electron chi connectivity index (χ2n) is 3.48. The Labute approximate surface area is 101 Å². The molecule has 3 nitrogen and oxygen atoms in total. The maximum atomic E-state index is 11.1. The molecular weight excluding hydrogens is 228 g/mol. The van der Waals surface area contributed by atoms with Gasteiger partial charge in [-0.2, -0.15) is 23.5 Å². The van der Waals surface area contributed by atoms with Crippen LogP contribution in [-0.2, 0) is 4.79 Å². The Balaban J connectivity index is 1.93. The molecule has 0 radical (unpaired) electrons. The van der Waals surface area contributed by atoms with Crippen molar-refractivity contribution in [3.63, 3.8) is 0 Å². The van der Waals surface area contributed by atoms with Gasteiger partial charge >= 0.3 is 0 Å². The van der Waals surface area contributed by atoms with Crippen molar-refractivity contribution in [3.05, 3.63) is 0 Å². The highest BCUT2D eigenvalue weighted by Crippen LogP contribution is 2.23. The van der Waals surface area contributed by atoms with E-state index in [-0.39, 0.29) is 5.91 Å². The van der Waals surface area contributed by atoms with Crippen molar-refractivity contribution in [2.45, 2.75) is 18.6 Å². The molecule has 1 atom stereocenters. The van der Waals surface area contributed by atoms with Gasteiger partial charge in [-0.1, -0.05) is 0 Å². The molecule has 0 bridgehead atoms. The van der Waals surface area contributed by atoms with E-state index in [1.54, 1.807) is 0 Å². The van der Waals surface area contributed by atoms with Gasteiger partial charge in [0.25, 0.3) is 0 Å². The van der Waals surface area contributed by atoms with E-state index in [1.807, 2.05) is 30.4 Å². The zero-order chi connectivity index (χ0) is 10.9. The number of hydrogen-bond acceptors (Lipinski definition) is 4. The van der Waals surface area contributed by atoms with Gasteiger partial charge in [0, 0.05) is 48.6 Å². The van der Waals surface area contributed by atoms with Crippen molar-refractivity contribution in [1.29, 1.82) is 0 Å². The Morgan fingerprint density at radius 2 is 2.33 bits per heavy atom. The quantitative estimate of drug-likeness (QED) is 0.687. The summed E-state index contributed by atoms with van der Waals surface area (Å²) < 4.78 is 0. The predicted molar refractivity (Wildman–Crippen MR) is 69.7 cm³/mol. The summed E-state index contributed by atoms with van der Waals surface area (Å²) in [7, 11) is 0. The van der Waals surface area contributed by atoms with Crippen LogP contribution < -0.4 is 10.6 Å². The lowest BCUT2D eigenvalue weighted by Gasteiger charge is -2.21. The number of hydrogen-bond donors (Lipinski definition) is 2. The fourth-order valence-electron chi connectivity index (χ4n) is 1.40. The van der Waals surface area contributed by atoms with Crippen LogP contribution in [0, 0.1) is 0 Å². The maximum absolute atomic E-state index is 11.1. The molecule has 0 aliphatic carbocycles. The molecule has 1 amide bonds. The highest BCUT2D eigenvalue weighted by Gasteiger charge is 2.13. The molecule has 5 heteroatoms. The Morgan fingerprint density at radius 3 is 3.00 bits per heavy atom. The number of nitrogens with one attached hydrogen (secondary N) is 2. The van der Waals surface area contributed by atoms with E-state index in [9.17, 15) is 4.79 Å². The summed E-state index contributed by atoms with van der Waals surface area (Å²) in [5.74, 6) is 3.96. The first kappa shape index (κ1) is 13.2. The van der Waals surface area contributed by atoms with Crippen LogP contribution in [0.25, 0.3) is 0 Å². The molecule has 0 saturated carbocycles. The van der Waals surface area contributed by atoms with Gasteiger partial charge in [-0.25, -0.2) is 0 Å². The first-order valence-corrected chi connectivity index (χ1v) is 7.70. The van der Waals surface area contributed by atoms with Gasteiger partial charge in [0.05, 0.1) is 0 Å². The van der Waals surface area contributed by atoms with Crippen LogP contribution >= 0.6 is 23.5 Å². The van der Waals surface area contributed by atoms with Crippen molar-refractivity contribution >= 4 is 29.4 Å². The van der Waals surface area contributed by atoms with Gasteiger partial charge in [-0.3, -0.25) is 4.79 Å². The molecule has 15 heavy (non-hydrogen) atoms. The molecule has 0 aromatic rings. The van der Waals surface area contributed by atoms with Gasteiger partial charge < -0.3 is 10.6 Å². The van der Waals surface area contributed by atoms with E-state index in [0.717, 1.165) is 24.9 Å². The maximum Gasteiger partial charge on any atom is 0.221 e. The van der Waals surface area contributed by atoms with Crippen LogP contribution in [0.2, 0.25) is 0 Å². The lowest BCUT2D eigenvalue weighted by Crippen LogP contribution is -2.32. The minimum atomic E-state index is 0.149. The van der Waals surface area contributed by atoms with Crippen LogP contribution in [0.5, 0.6) is 0 Å². The summed E-state index contributed by atoms with van der Waals surface area (Å²) in [6.45, 7) is 4.51. The largest absolute Gasteiger partial charge is 0.356 e. The molecule has 1 unspecified atom stereocenters. The van der Waals surface area contributed by atoms with Gasteiger partial charge in [-0.05, 0) is 6.92 Å². The highest BCUT2D eigenvalue weighted by atomic mass is 32.2. The van der Waals surface area contributed by atoms with Crippen molar-refractivity contribution < 1.29 is 4.79 Å². The third-order valence-electron chi connectivity index (χ3n) is 2.16. The van der Waals surface area contributed by atoms with Gasteiger partial charge in [-0.15, -0.1) is 0 Å². The van der Waals surface area contributed by atoms with E-state index in [0.29, 0.717) is 6.42 Å². The fourth-order valence-corrected chi connectivity index (χ4v) is 4.05. The van der Waals surface area contributed by atoms with Crippen LogP contribution in [0.15, 0.2) is 0 Å². The highest BCUT2D eigenvalue weighted by molar-refractivity contribution is 8.06. The predicted octanol–water partition coefficient (Wildman–Crippen LogP) is 0.951. The van der Waals surface area contributed by atoms with Crippen molar-refractivity contribution in [2.75, 3.05) is 36.9 Å². The molecule has 1 aliphatic rings. The van der Waals surface area contributed by atoms with Crippen molar-refractivity contribution in [2.24, 2.45) is 0 Å². The molecule has 0 aromatic heterocycles. The summed E-state index contributed by atoms with van der Waals surface area (Å²) in [6.07, 6.45) is 0.596. The van der Waals surface area contributed by atoms with E-state index in [4.69, 9.17) is 0 Å². The smallest absolute Gasteiger partial charge is 0.221 e. The molecule has 1 fully saturated rings. The summed E-state index contributed by atoms with van der Waals surface area (Å²) in [4.78, 5) is 11.1. The topological polar surface area (TPSA) is 41.1 Å². The van der Waals surface area contributed by atoms with E-state index >= 15 is 0 Å². The van der Waals surface area contributed by atoms with E-state index in [1.165, 1.54) is 17.3 Å². The van der Waals surface area contributed by atoms with Crippen LogP contribution in [-0.4, -0.2) is 48.0 Å². The van der Waals surface area contributed by atoms with Gasteiger partial charge in [0.1, 0.15) is 0 Å². The summed E-state index contributed by atoms with van der Waals surface area (Å²) in [5.41, 5.74) is 0. The van der Waals surface area contributed by atoms with Gasteiger partial charge in [0.2, 0.25) is 5.91 Å². The van der Waals surface area contributed by atoms with Crippen molar-refractivity contribution in [1.82, 2.24) is 10.6 Å². The second-order valence-corrected chi connectivity index (χ2v) is 6.03. The third-order valence-corrected chi connectivity index (χ3v) is 5.00. The average Bonchev–Trinajstić information content (AvgIpc) is 2.26. The number of thioether (sulfide) groups is 2. The minimum Gasteiger partial charge on any atom is -0.356 e. The Kier molecular flexibility index (Phi) is 7.30. The molecule has 2 N–H and O–H groups in total. The van der Waals surface area contributed by atoms with E-state index < -0.39 is 0 Å². The monoisotopic (exact) mass is 248 g/mol. The number of carbonyl (C=O) groups excluding carboxylic acids is 1. The molecule has 88 valence electrons. The first-order chi connectivity index (χ1) is 7.33. The third kappa shape index (κ3) is 6.33. The summed E-state index contributed by atoms with van der Waals surface area (Å²) in [5, 5.41) is 6.88. The minimum absolute atomic E-state index is 0.149. The molecule has 1 aliphatic heterocycles. The number of rotatable bonds is 6. The molecule has 1 rings (SSSR count). The molecule has 0 aromatic carbocycles. The second kappa shape index (κ2) is 8.30. The molecule has 1 heterocycles. The van der Waals surface area contributed by atoms with Gasteiger partial charge in [0.15, 0.2) is 0 Å². The molecule has 0 spiro atoms. The zero-order valence-electron chi connectivity index (χ0n) is 9.25. The van der Waals surface area contributed by atoms with Crippen LogP contribution in [0.4, 0.5) is 0 Å². The molecular formula is C10H20N2OS2. The summed E-state index contributed by atoms with van der Waals surface area (Å²) in [6, 6.07) is 0. The average molecular weight is 248 g/mol. The Morgan fingerprint density at radius 1 is 1.47 bits per heavy atom. The lowest BCUT2D eigenvalue weighted by molar-refractivity contribution is -0.120. The normalized spacial score (nSPS) is 21.3. The first-order valence-electron chi connectivity index (χ1n) is 5.49. The number of carbonyl (C=O) groups is 1. The fraction of sp³-hybridized carbons (Fsp3) is 0.900. The Bertz CT molecular complexity index is 184. The van der Waals surface area contributed by atoms with E-state index in [2.05, 4.69) is 10.6 Å². The van der Waals surface area contributed by atoms with Crippen molar-refractivity contribution in [3.8, 4) is 0 Å². The number of amides is 1. The summed E-state index contributed by atoms with van der Waals surface area (Å²) >= 11 is 4.08. The zero-order valence-corrected chi connectivity index (χ0v) is 10.9. The Hall–Kier alpha value is 0.130. The standard InChI is InChI=1S/C10H20N2OS2/c1-2-12-10(13)3-4-11-7-9-8-14-5-6-15-9/h9,11H,2-8H2,1H3,(H,12,13). The lowest BCUT2D eigenvalue weighted by atomic mass is 10.3. The SMILES string of the molecule is CCNC(=O)CCNCC1CSCCS1. The van der Waals surface area contributed by atoms with Crippen LogP contribution in [0.1, 0.15) is 13.3 Å². The van der Waals surface area contributed by atoms with Crippen LogP contribution in [0.3, 0.4) is 0 Å². The molecule has 1 saturated heterocycles.